The Morgan fingerprint density at radius 1 is 1.05 bits per heavy atom. The smallest absolute Gasteiger partial charge is 0.168 e. The number of halogens is 2. The Balaban J connectivity index is 2.32. The molecule has 1 unspecified atom stereocenters. The van der Waals surface area contributed by atoms with E-state index in [2.05, 4.69) is 36.8 Å². The van der Waals surface area contributed by atoms with E-state index in [1.165, 1.54) is 0 Å². The molecule has 2 N–H and O–H groups in total. The lowest BCUT2D eigenvalue weighted by molar-refractivity contribution is -0.991. The van der Waals surface area contributed by atoms with Gasteiger partial charge in [-0.3, -0.25) is 4.98 Å². The third-order valence-corrected chi connectivity index (χ3v) is 5.44. The van der Waals surface area contributed by atoms with Gasteiger partial charge in [0.25, 0.3) is 0 Å². The molecule has 1 aromatic carbocycles. The Hall–Kier alpha value is -0.790. The normalized spacial score (nSPS) is 15.8. The van der Waals surface area contributed by atoms with Crippen molar-refractivity contribution in [3.8, 4) is 0 Å². The molecule has 0 spiro atoms. The van der Waals surface area contributed by atoms with Gasteiger partial charge >= 0.3 is 0 Å². The summed E-state index contributed by atoms with van der Waals surface area (Å²) >= 11 is 7.13. The second-order valence-electron chi connectivity index (χ2n) is 3.95. The van der Waals surface area contributed by atoms with Crippen molar-refractivity contribution in [3.05, 3.63) is 65.1 Å². The van der Waals surface area contributed by atoms with Crippen LogP contribution in [0.2, 0.25) is 0 Å². The molecule has 6 heteroatoms. The zero-order chi connectivity index (χ0) is 13.8. The minimum Gasteiger partial charge on any atom is -0.595 e. The summed E-state index contributed by atoms with van der Waals surface area (Å²) in [7, 11) is 0. The maximum Gasteiger partial charge on any atom is 0.168 e. The van der Waals surface area contributed by atoms with Gasteiger partial charge in [-0.2, -0.15) is 5.23 Å². The number of nitrogens with zero attached hydrogens (tertiary/aromatic N) is 1. The van der Waals surface area contributed by atoms with Gasteiger partial charge in [0.05, 0.1) is 15.3 Å². The van der Waals surface area contributed by atoms with E-state index < -0.39 is 5.23 Å². The molecule has 0 fully saturated rings. The van der Waals surface area contributed by atoms with Gasteiger partial charge in [0.2, 0.25) is 0 Å². The fraction of sp³-hybridized carbons (Fsp3) is 0.154. The molecule has 0 aliphatic carbocycles. The molecule has 0 aliphatic heterocycles. The number of nitrogens with one attached hydrogen (secondary N) is 1. The first-order valence-electron chi connectivity index (χ1n) is 5.62. The first-order chi connectivity index (χ1) is 9.11. The molecule has 0 saturated carbocycles. The molecule has 4 nitrogen and oxygen atoms in total. The minimum absolute atomic E-state index is 0.103. The molecule has 0 bridgehead atoms. The molecule has 0 radical (unpaired) electrons. The average Bonchev–Trinajstić information content (AvgIpc) is 2.46. The molecule has 0 aliphatic rings. The Bertz CT molecular complexity index is 537. The van der Waals surface area contributed by atoms with Crippen molar-refractivity contribution in [2.45, 2.75) is 9.65 Å². The van der Waals surface area contributed by atoms with E-state index in [1.54, 1.807) is 24.4 Å². The van der Waals surface area contributed by atoms with Crippen LogP contribution in [0, 0.1) is 5.21 Å². The lowest BCUT2D eigenvalue weighted by Gasteiger charge is -2.21. The minimum atomic E-state index is -0.930. The molecule has 2 rings (SSSR count). The number of aromatic nitrogens is 1. The molecule has 0 saturated heterocycles. The number of hydrogen-bond acceptors (Lipinski definition) is 3. The van der Waals surface area contributed by atoms with Gasteiger partial charge in [0.1, 0.15) is 0 Å². The van der Waals surface area contributed by atoms with Gasteiger partial charge in [-0.1, -0.05) is 56.1 Å². The summed E-state index contributed by atoms with van der Waals surface area (Å²) in [4.78, 5) is 4.00. The van der Waals surface area contributed by atoms with E-state index in [0.717, 1.165) is 11.3 Å². The number of benzene rings is 1. The molecule has 19 heavy (non-hydrogen) atoms. The molecular formula is C13H12Br2N2O2. The number of hydrogen-bond donors (Lipinski definition) is 2. The van der Waals surface area contributed by atoms with Crippen LogP contribution in [0.3, 0.4) is 0 Å². The highest BCUT2D eigenvalue weighted by Gasteiger charge is 2.25. The highest BCUT2D eigenvalue weighted by Crippen LogP contribution is 2.43. The summed E-state index contributed by atoms with van der Waals surface area (Å²) < 4.78 is 0. The standard InChI is InChI=1S/C13H12Br2N2O2/c14-12(13(15)10-6-3-4-8-16-10)9-5-1-2-7-11(9)17(18)19/h1-8,12-13,17-18H/t12-,13+/m1/s1. The van der Waals surface area contributed by atoms with E-state index in [0.29, 0.717) is 5.69 Å². The van der Waals surface area contributed by atoms with Gasteiger partial charge in [-0.15, -0.1) is 0 Å². The SMILES string of the molecule is [O-][NH+](O)c1ccccc1[C@@H](Br)[C@@H](Br)c1ccccn1. The Morgan fingerprint density at radius 3 is 2.37 bits per heavy atom. The molecule has 3 atom stereocenters. The second kappa shape index (κ2) is 6.58. The number of pyridine rings is 1. The van der Waals surface area contributed by atoms with Gasteiger partial charge in [-0.25, -0.2) is 5.21 Å². The summed E-state index contributed by atoms with van der Waals surface area (Å²) in [5.74, 6) is 0. The fourth-order valence-corrected chi connectivity index (χ4v) is 3.00. The van der Waals surface area contributed by atoms with E-state index in [-0.39, 0.29) is 9.65 Å². The van der Waals surface area contributed by atoms with Crippen LogP contribution in [-0.2, 0) is 0 Å². The Morgan fingerprint density at radius 2 is 1.74 bits per heavy atom. The molecule has 0 amide bonds. The van der Waals surface area contributed by atoms with E-state index in [1.807, 2.05) is 24.3 Å². The van der Waals surface area contributed by atoms with Crippen LogP contribution in [0.15, 0.2) is 48.7 Å². The Labute approximate surface area is 127 Å². The fourth-order valence-electron chi connectivity index (χ4n) is 1.78. The lowest BCUT2D eigenvalue weighted by atomic mass is 10.1. The van der Waals surface area contributed by atoms with Crippen molar-refractivity contribution in [2.24, 2.45) is 0 Å². The third kappa shape index (κ3) is 3.40. The summed E-state index contributed by atoms with van der Waals surface area (Å²) in [5.41, 5.74) is 1.87. The summed E-state index contributed by atoms with van der Waals surface area (Å²) in [6.45, 7) is 0. The van der Waals surface area contributed by atoms with Gasteiger partial charge in [0, 0.05) is 17.8 Å². The predicted molar refractivity (Wildman–Crippen MR) is 79.8 cm³/mol. The van der Waals surface area contributed by atoms with E-state index >= 15 is 0 Å². The van der Waals surface area contributed by atoms with Gasteiger partial charge in [0.15, 0.2) is 5.69 Å². The molecular weight excluding hydrogens is 376 g/mol. The van der Waals surface area contributed by atoms with Crippen molar-refractivity contribution in [1.82, 2.24) is 4.98 Å². The van der Waals surface area contributed by atoms with Gasteiger partial charge in [-0.05, 0) is 12.1 Å². The molecule has 1 aromatic heterocycles. The van der Waals surface area contributed by atoms with Crippen LogP contribution in [0.4, 0.5) is 5.69 Å². The zero-order valence-electron chi connectivity index (χ0n) is 9.83. The van der Waals surface area contributed by atoms with Gasteiger partial charge < -0.3 is 5.21 Å². The summed E-state index contributed by atoms with van der Waals surface area (Å²) in [6, 6.07) is 12.6. The second-order valence-corrected chi connectivity index (χ2v) is 5.92. The maximum atomic E-state index is 11.2. The lowest BCUT2D eigenvalue weighted by Crippen LogP contribution is -2.99. The topological polar surface area (TPSA) is 60.6 Å². The Kier molecular flexibility index (Phi) is 5.06. The number of alkyl halides is 2. The highest BCUT2D eigenvalue weighted by molar-refractivity contribution is 9.12. The maximum absolute atomic E-state index is 11.2. The third-order valence-electron chi connectivity index (χ3n) is 2.72. The summed E-state index contributed by atoms with van der Waals surface area (Å²) in [5, 5.41) is 19.5. The largest absolute Gasteiger partial charge is 0.595 e. The van der Waals surface area contributed by atoms with Crippen molar-refractivity contribution >= 4 is 37.5 Å². The highest BCUT2D eigenvalue weighted by atomic mass is 79.9. The van der Waals surface area contributed by atoms with Crippen LogP contribution in [0.25, 0.3) is 0 Å². The molecule has 1 heterocycles. The monoisotopic (exact) mass is 386 g/mol. The van der Waals surface area contributed by atoms with Crippen LogP contribution < -0.4 is 5.23 Å². The predicted octanol–water partition coefficient (Wildman–Crippen LogP) is 3.06. The van der Waals surface area contributed by atoms with Crippen molar-refractivity contribution < 1.29 is 10.4 Å². The number of para-hydroxylation sites is 1. The quantitative estimate of drug-likeness (QED) is 0.626. The zero-order valence-corrected chi connectivity index (χ0v) is 13.0. The number of quaternary nitrogens is 1. The van der Waals surface area contributed by atoms with E-state index in [4.69, 9.17) is 0 Å². The first kappa shape index (κ1) is 14.6. The average molecular weight is 388 g/mol. The molecule has 100 valence electrons. The number of rotatable bonds is 4. The van der Waals surface area contributed by atoms with E-state index in [9.17, 15) is 10.4 Å². The van der Waals surface area contributed by atoms with Crippen molar-refractivity contribution in [1.29, 1.82) is 0 Å². The van der Waals surface area contributed by atoms with Crippen LogP contribution in [0.5, 0.6) is 0 Å². The summed E-state index contributed by atoms with van der Waals surface area (Å²) in [6.07, 6.45) is 1.71. The van der Waals surface area contributed by atoms with Crippen LogP contribution in [-0.4, -0.2) is 10.2 Å². The van der Waals surface area contributed by atoms with Crippen molar-refractivity contribution in [3.63, 3.8) is 0 Å². The van der Waals surface area contributed by atoms with Crippen molar-refractivity contribution in [2.75, 3.05) is 0 Å². The first-order valence-corrected chi connectivity index (χ1v) is 7.45. The molecule has 2 aromatic rings. The van der Waals surface area contributed by atoms with Crippen LogP contribution in [0.1, 0.15) is 20.9 Å². The van der Waals surface area contributed by atoms with Crippen LogP contribution >= 0.6 is 31.9 Å².